The van der Waals surface area contributed by atoms with E-state index in [1.54, 1.807) is 13.0 Å². The topological polar surface area (TPSA) is 94.8 Å². The van der Waals surface area contributed by atoms with E-state index in [-0.39, 0.29) is 5.78 Å². The van der Waals surface area contributed by atoms with Crippen molar-refractivity contribution < 1.29 is 24.0 Å². The van der Waals surface area contributed by atoms with E-state index in [9.17, 15) is 4.79 Å². The van der Waals surface area contributed by atoms with Gasteiger partial charge in [0.1, 0.15) is 0 Å². The summed E-state index contributed by atoms with van der Waals surface area (Å²) in [6.45, 7) is 3.75. The summed E-state index contributed by atoms with van der Waals surface area (Å²) < 4.78 is 8.88. The Kier molecular flexibility index (Phi) is 11.3. The lowest BCUT2D eigenvalue weighted by Gasteiger charge is -1.89. The van der Waals surface area contributed by atoms with Crippen LogP contribution in [0.1, 0.15) is 39.5 Å². The number of allylic oxidation sites excluding steroid dienone is 2. The third kappa shape index (κ3) is 42.2. The molecule has 0 spiro atoms. The molecule has 0 unspecified atom stereocenters. The minimum Gasteiger partial charge on any atom is -0.303 e. The third-order valence-electron chi connectivity index (χ3n) is 1.33. The van der Waals surface area contributed by atoms with E-state index < -0.39 is 7.82 Å². The smallest absolute Gasteiger partial charge is 0.303 e. The summed E-state index contributed by atoms with van der Waals surface area (Å²) in [4.78, 5) is 32.0. The zero-order valence-corrected chi connectivity index (χ0v) is 9.98. The zero-order valence-electron chi connectivity index (χ0n) is 9.09. The molecule has 0 aliphatic carbocycles. The molecule has 0 radical (unpaired) electrons. The molecule has 0 aromatic carbocycles. The van der Waals surface area contributed by atoms with E-state index in [0.29, 0.717) is 0 Å². The summed E-state index contributed by atoms with van der Waals surface area (Å²) in [5, 5.41) is 0. The maximum atomic E-state index is 10.4. The van der Waals surface area contributed by atoms with Gasteiger partial charge in [0.2, 0.25) is 0 Å². The van der Waals surface area contributed by atoms with Gasteiger partial charge in [0.15, 0.2) is 5.78 Å². The molecule has 0 amide bonds. The van der Waals surface area contributed by atoms with Crippen molar-refractivity contribution in [1.29, 1.82) is 0 Å². The molecule has 0 saturated heterocycles. The fraction of sp³-hybridized carbons (Fsp3) is 0.667. The fourth-order valence-corrected chi connectivity index (χ4v) is 0.761. The van der Waals surface area contributed by atoms with Gasteiger partial charge >= 0.3 is 7.82 Å². The molecule has 0 aliphatic rings. The van der Waals surface area contributed by atoms with Crippen LogP contribution in [0.3, 0.4) is 0 Å². The number of ketones is 1. The molecule has 0 aromatic rings. The molecule has 6 heteroatoms. The Morgan fingerprint density at radius 2 is 1.73 bits per heavy atom. The van der Waals surface area contributed by atoms with Crippen molar-refractivity contribution in [2.75, 3.05) is 0 Å². The largest absolute Gasteiger partial charge is 0.466 e. The normalized spacial score (nSPS) is 11.0. The van der Waals surface area contributed by atoms with Crippen LogP contribution in [0.2, 0.25) is 0 Å². The maximum Gasteiger partial charge on any atom is 0.466 e. The fourth-order valence-electron chi connectivity index (χ4n) is 0.761. The first-order valence-corrected chi connectivity index (χ1v) is 6.29. The van der Waals surface area contributed by atoms with Gasteiger partial charge in [-0.15, -0.1) is 0 Å². The van der Waals surface area contributed by atoms with Gasteiger partial charge in [0.25, 0.3) is 0 Å². The average Bonchev–Trinajstić information content (AvgIpc) is 2.00. The van der Waals surface area contributed by atoms with E-state index in [1.807, 2.05) is 6.08 Å². The summed E-state index contributed by atoms with van der Waals surface area (Å²) in [7, 11) is -4.64. The van der Waals surface area contributed by atoms with Gasteiger partial charge in [-0.2, -0.15) is 0 Å². The van der Waals surface area contributed by atoms with Crippen LogP contribution in [0, 0.1) is 0 Å². The predicted molar refractivity (Wildman–Crippen MR) is 58.2 cm³/mol. The molecule has 0 heterocycles. The average molecular weight is 238 g/mol. The van der Waals surface area contributed by atoms with Crippen LogP contribution < -0.4 is 0 Å². The van der Waals surface area contributed by atoms with Gasteiger partial charge in [-0.25, -0.2) is 4.57 Å². The highest BCUT2D eigenvalue weighted by atomic mass is 31.2. The molecular formula is C9H19O5P. The standard InChI is InChI=1S/C9H16O.H3O4P/c1-3-4-5-6-7-8-9(2)10;1-5(2,3)4/h7-8H,3-6H2,1-2H3;(H3,1,2,3,4). The molecule has 0 saturated carbocycles. The van der Waals surface area contributed by atoms with Crippen LogP contribution in [0.15, 0.2) is 12.2 Å². The quantitative estimate of drug-likeness (QED) is 0.385. The van der Waals surface area contributed by atoms with Crippen molar-refractivity contribution in [3.8, 4) is 0 Å². The second kappa shape index (κ2) is 10.1. The number of phosphoric acid groups is 1. The number of hydrogen-bond acceptors (Lipinski definition) is 2. The molecule has 15 heavy (non-hydrogen) atoms. The van der Waals surface area contributed by atoms with E-state index in [2.05, 4.69) is 6.92 Å². The van der Waals surface area contributed by atoms with Crippen molar-refractivity contribution in [3.63, 3.8) is 0 Å². The SMILES string of the molecule is CCCCCC=CC(C)=O.O=P(O)(O)O. The Labute approximate surface area is 90.1 Å². The Balaban J connectivity index is 0. The van der Waals surface area contributed by atoms with Crippen molar-refractivity contribution in [2.45, 2.75) is 39.5 Å². The van der Waals surface area contributed by atoms with E-state index in [1.165, 1.54) is 19.3 Å². The lowest BCUT2D eigenvalue weighted by Crippen LogP contribution is -1.79. The van der Waals surface area contributed by atoms with Gasteiger partial charge in [-0.1, -0.05) is 25.8 Å². The van der Waals surface area contributed by atoms with Crippen molar-refractivity contribution >= 4 is 13.6 Å². The van der Waals surface area contributed by atoms with Crippen LogP contribution in [-0.4, -0.2) is 20.5 Å². The lowest BCUT2D eigenvalue weighted by atomic mass is 10.2. The Hall–Kier alpha value is -0.480. The molecule has 0 bridgehead atoms. The molecule has 5 nitrogen and oxygen atoms in total. The van der Waals surface area contributed by atoms with Gasteiger partial charge in [0, 0.05) is 0 Å². The highest BCUT2D eigenvalue weighted by Gasteiger charge is 2.00. The van der Waals surface area contributed by atoms with Gasteiger partial charge in [0.05, 0.1) is 0 Å². The predicted octanol–water partition coefficient (Wildman–Crippen LogP) is 1.78. The van der Waals surface area contributed by atoms with Crippen molar-refractivity contribution in [1.82, 2.24) is 0 Å². The second-order valence-electron chi connectivity index (χ2n) is 3.02. The lowest BCUT2D eigenvalue weighted by molar-refractivity contribution is -0.112. The summed E-state index contributed by atoms with van der Waals surface area (Å²) in [5.41, 5.74) is 0. The summed E-state index contributed by atoms with van der Waals surface area (Å²) in [6, 6.07) is 0. The zero-order chi connectivity index (χ0) is 12.3. The molecule has 0 fully saturated rings. The molecule has 0 aliphatic heterocycles. The minimum atomic E-state index is -4.64. The van der Waals surface area contributed by atoms with E-state index in [4.69, 9.17) is 19.2 Å². The minimum absolute atomic E-state index is 0.150. The Bertz CT molecular complexity index is 222. The van der Waals surface area contributed by atoms with Crippen molar-refractivity contribution in [2.24, 2.45) is 0 Å². The first kappa shape index (κ1) is 16.9. The van der Waals surface area contributed by atoms with E-state index in [0.717, 1.165) is 6.42 Å². The molecule has 0 rings (SSSR count). The number of hydrogen-bond donors (Lipinski definition) is 3. The van der Waals surface area contributed by atoms with Gasteiger partial charge in [-0.05, 0) is 25.8 Å². The third-order valence-corrected chi connectivity index (χ3v) is 1.33. The number of carbonyl (C=O) groups is 1. The Morgan fingerprint density at radius 3 is 2.07 bits per heavy atom. The second-order valence-corrected chi connectivity index (χ2v) is 4.05. The van der Waals surface area contributed by atoms with Crippen molar-refractivity contribution in [3.05, 3.63) is 12.2 Å². The number of carbonyl (C=O) groups excluding carboxylic acids is 1. The van der Waals surface area contributed by atoms with Crippen LogP contribution >= 0.6 is 7.82 Å². The van der Waals surface area contributed by atoms with Crippen LogP contribution in [0.25, 0.3) is 0 Å². The number of rotatable bonds is 5. The molecule has 3 N–H and O–H groups in total. The molecular weight excluding hydrogens is 219 g/mol. The molecule has 90 valence electrons. The Morgan fingerprint density at radius 1 is 1.27 bits per heavy atom. The van der Waals surface area contributed by atoms with Gasteiger partial charge < -0.3 is 14.7 Å². The van der Waals surface area contributed by atoms with Crippen LogP contribution in [-0.2, 0) is 9.36 Å². The van der Waals surface area contributed by atoms with Crippen LogP contribution in [0.4, 0.5) is 0 Å². The molecule has 0 atom stereocenters. The number of unbranched alkanes of at least 4 members (excludes halogenated alkanes) is 3. The monoisotopic (exact) mass is 238 g/mol. The summed E-state index contributed by atoms with van der Waals surface area (Å²) in [6.07, 6.45) is 8.37. The summed E-state index contributed by atoms with van der Waals surface area (Å²) in [5.74, 6) is 0.150. The van der Waals surface area contributed by atoms with Crippen LogP contribution in [0.5, 0.6) is 0 Å². The highest BCUT2D eigenvalue weighted by molar-refractivity contribution is 7.45. The first-order chi connectivity index (χ1) is 6.77. The highest BCUT2D eigenvalue weighted by Crippen LogP contribution is 2.25. The van der Waals surface area contributed by atoms with E-state index >= 15 is 0 Å². The van der Waals surface area contributed by atoms with Gasteiger partial charge in [-0.3, -0.25) is 4.79 Å². The first-order valence-electron chi connectivity index (χ1n) is 4.72. The molecule has 0 aromatic heterocycles. The summed E-state index contributed by atoms with van der Waals surface area (Å²) >= 11 is 0. The maximum absolute atomic E-state index is 10.4.